The van der Waals surface area contributed by atoms with Gasteiger partial charge in [0.15, 0.2) is 0 Å². The van der Waals surface area contributed by atoms with Gasteiger partial charge in [-0.2, -0.15) is 0 Å². The van der Waals surface area contributed by atoms with Crippen LogP contribution in [0.4, 0.5) is 0 Å². The number of fused-ring (bicyclic) bond motifs is 3. The Bertz CT molecular complexity index is 568. The van der Waals surface area contributed by atoms with Crippen LogP contribution in [0.1, 0.15) is 12.1 Å². The van der Waals surface area contributed by atoms with Crippen molar-refractivity contribution in [3.8, 4) is 0 Å². The smallest absolute Gasteiger partial charge is 0.0836 e. The minimum absolute atomic E-state index is 0.615. The molecule has 0 bridgehead atoms. The van der Waals surface area contributed by atoms with Gasteiger partial charge in [0.25, 0.3) is 0 Å². The maximum atomic E-state index is 6.25. The van der Waals surface area contributed by atoms with E-state index in [0.29, 0.717) is 10.0 Å². The van der Waals surface area contributed by atoms with E-state index >= 15 is 0 Å². The molecule has 0 spiro atoms. The van der Waals surface area contributed by atoms with Crippen molar-refractivity contribution in [2.24, 2.45) is 5.14 Å². The molecule has 2 aromatic rings. The topological polar surface area (TPSA) is 30.9 Å². The quantitative estimate of drug-likeness (QED) is 0.532. The molecule has 0 saturated carbocycles. The van der Waals surface area contributed by atoms with Gasteiger partial charge in [0.1, 0.15) is 0 Å². The second-order valence-corrected chi connectivity index (χ2v) is 5.45. The lowest BCUT2D eigenvalue weighted by Gasteiger charge is -2.05. The first-order valence-corrected chi connectivity index (χ1v) is 7.16. The summed E-state index contributed by atoms with van der Waals surface area (Å²) in [6.45, 7) is 1.05. The third-order valence-electron chi connectivity index (χ3n) is 2.93. The third-order valence-corrected chi connectivity index (χ3v) is 4.36. The number of benzene rings is 1. The Morgan fingerprint density at radius 3 is 2.71 bits per heavy atom. The molecule has 1 aliphatic heterocycles. The van der Waals surface area contributed by atoms with Crippen molar-refractivity contribution in [1.29, 1.82) is 0 Å². The van der Waals surface area contributed by atoms with Gasteiger partial charge in [0, 0.05) is 22.1 Å². The van der Waals surface area contributed by atoms with E-state index in [0.717, 1.165) is 23.0 Å². The summed E-state index contributed by atoms with van der Waals surface area (Å²) in [5.41, 5.74) is 2.43. The molecule has 6 heteroatoms. The van der Waals surface area contributed by atoms with E-state index in [2.05, 4.69) is 44.5 Å². The van der Waals surface area contributed by atoms with Gasteiger partial charge in [0.05, 0.1) is 15.6 Å². The van der Waals surface area contributed by atoms with Crippen molar-refractivity contribution in [3.63, 3.8) is 0 Å². The highest BCUT2D eigenvalue weighted by molar-refractivity contribution is 9.10. The Morgan fingerprint density at radius 2 is 2.00 bits per heavy atom. The van der Waals surface area contributed by atoms with Crippen LogP contribution in [0.2, 0.25) is 10.0 Å². The summed E-state index contributed by atoms with van der Waals surface area (Å²) in [5, 5.41) is 6.64. The van der Waals surface area contributed by atoms with Crippen molar-refractivity contribution >= 4 is 62.8 Å². The molecule has 0 radical (unpaired) electrons. The molecule has 0 unspecified atom stereocenters. The molecule has 2 heterocycles. The summed E-state index contributed by atoms with van der Waals surface area (Å²) >= 11 is 18.9. The Morgan fingerprint density at radius 1 is 1.29 bits per heavy atom. The summed E-state index contributed by atoms with van der Waals surface area (Å²) in [7, 11) is 0. The maximum Gasteiger partial charge on any atom is 0.0836 e. The fourth-order valence-electron chi connectivity index (χ4n) is 2.27. The van der Waals surface area contributed by atoms with Crippen LogP contribution in [0.5, 0.6) is 0 Å². The zero-order valence-electron chi connectivity index (χ0n) is 8.88. The summed E-state index contributed by atoms with van der Waals surface area (Å²) < 4.78 is 3.29. The molecule has 0 saturated heterocycles. The van der Waals surface area contributed by atoms with Gasteiger partial charge in [-0.05, 0) is 25.0 Å². The third kappa shape index (κ3) is 2.22. The predicted molar refractivity (Wildman–Crippen MR) is 81.2 cm³/mol. The van der Waals surface area contributed by atoms with Crippen molar-refractivity contribution in [2.45, 2.75) is 19.4 Å². The molecule has 17 heavy (non-hydrogen) atoms. The lowest BCUT2D eigenvalue weighted by Crippen LogP contribution is -1.92. The molecular weight excluding hydrogens is 343 g/mol. The molecule has 1 aromatic heterocycles. The SMILES string of the molecule is Clc1cc(Br)c2cc3n(c2c1Cl)CCC3.NS. The number of thiol groups is 1. The minimum atomic E-state index is 0.615. The molecule has 0 fully saturated rings. The maximum absolute atomic E-state index is 6.25. The number of hydrogen-bond donors (Lipinski definition) is 2. The second kappa shape index (κ2) is 5.41. The molecular formula is C11H11BrCl2N2S. The Kier molecular flexibility index (Phi) is 4.31. The Hall–Kier alpha value is 0.130. The summed E-state index contributed by atoms with van der Waals surface area (Å²) in [6.07, 6.45) is 2.33. The van der Waals surface area contributed by atoms with Gasteiger partial charge in [-0.25, -0.2) is 0 Å². The molecule has 0 atom stereocenters. The van der Waals surface area contributed by atoms with Gasteiger partial charge >= 0.3 is 0 Å². The first-order chi connectivity index (χ1) is 8.18. The highest BCUT2D eigenvalue weighted by Gasteiger charge is 2.19. The van der Waals surface area contributed by atoms with Crippen LogP contribution in [0.25, 0.3) is 10.9 Å². The van der Waals surface area contributed by atoms with E-state index in [1.54, 1.807) is 0 Å². The van der Waals surface area contributed by atoms with Crippen LogP contribution >= 0.6 is 51.9 Å². The highest BCUT2D eigenvalue weighted by atomic mass is 79.9. The van der Waals surface area contributed by atoms with E-state index in [1.165, 1.54) is 17.5 Å². The van der Waals surface area contributed by atoms with Gasteiger partial charge in [-0.3, -0.25) is 5.14 Å². The number of halogens is 3. The number of hydrogen-bond acceptors (Lipinski definition) is 2. The van der Waals surface area contributed by atoms with Crippen LogP contribution < -0.4 is 5.14 Å². The van der Waals surface area contributed by atoms with Gasteiger partial charge in [-0.15, -0.1) is 12.8 Å². The van der Waals surface area contributed by atoms with Crippen LogP contribution in [0.3, 0.4) is 0 Å². The van der Waals surface area contributed by atoms with Crippen LogP contribution in [-0.4, -0.2) is 4.57 Å². The lowest BCUT2D eigenvalue weighted by atomic mass is 10.2. The molecule has 0 aliphatic carbocycles. The minimum Gasteiger partial charge on any atom is -0.343 e. The van der Waals surface area contributed by atoms with Gasteiger partial charge in [-0.1, -0.05) is 39.1 Å². The van der Waals surface area contributed by atoms with Crippen LogP contribution in [0, 0.1) is 0 Å². The van der Waals surface area contributed by atoms with E-state index in [4.69, 9.17) is 23.2 Å². The molecule has 92 valence electrons. The van der Waals surface area contributed by atoms with E-state index in [1.807, 2.05) is 6.07 Å². The van der Waals surface area contributed by atoms with E-state index < -0.39 is 0 Å². The first-order valence-electron chi connectivity index (χ1n) is 5.10. The molecule has 1 aliphatic rings. The molecule has 3 rings (SSSR count). The van der Waals surface area contributed by atoms with E-state index in [-0.39, 0.29) is 0 Å². The molecule has 2 nitrogen and oxygen atoms in total. The lowest BCUT2D eigenvalue weighted by molar-refractivity contribution is 0.772. The molecule has 0 amide bonds. The van der Waals surface area contributed by atoms with Crippen LogP contribution in [-0.2, 0) is 13.0 Å². The van der Waals surface area contributed by atoms with Crippen molar-refractivity contribution < 1.29 is 0 Å². The molecule has 2 N–H and O–H groups in total. The van der Waals surface area contributed by atoms with E-state index in [9.17, 15) is 0 Å². The summed E-state index contributed by atoms with van der Waals surface area (Å²) in [6, 6.07) is 4.07. The van der Waals surface area contributed by atoms with Crippen LogP contribution in [0.15, 0.2) is 16.6 Å². The largest absolute Gasteiger partial charge is 0.343 e. The first kappa shape index (κ1) is 13.6. The fraction of sp³-hybridized carbons (Fsp3) is 0.273. The second-order valence-electron chi connectivity index (χ2n) is 3.81. The number of aryl methyl sites for hydroxylation is 2. The number of nitrogens with zero attached hydrogens (tertiary/aromatic N) is 1. The fourth-order valence-corrected chi connectivity index (χ4v) is 3.39. The van der Waals surface area contributed by atoms with Crippen molar-refractivity contribution in [3.05, 3.63) is 32.3 Å². The zero-order valence-corrected chi connectivity index (χ0v) is 12.9. The summed E-state index contributed by atoms with van der Waals surface area (Å²) in [4.78, 5) is 0. The van der Waals surface area contributed by atoms with Gasteiger partial charge in [0.2, 0.25) is 0 Å². The average Bonchev–Trinajstić information content (AvgIpc) is 2.88. The van der Waals surface area contributed by atoms with Crippen molar-refractivity contribution in [1.82, 2.24) is 4.57 Å². The highest BCUT2D eigenvalue weighted by Crippen LogP contribution is 2.39. The van der Waals surface area contributed by atoms with Crippen molar-refractivity contribution in [2.75, 3.05) is 0 Å². The number of rotatable bonds is 0. The standard InChI is InChI=1S/C11H8BrCl2N.H3NS/c12-8-5-9(13)10(14)11-7(8)4-6-2-1-3-15(6)11;1-2/h4-5H,1-3H2;2H,1H2. The Balaban J connectivity index is 0.000000514. The monoisotopic (exact) mass is 352 g/mol. The summed E-state index contributed by atoms with van der Waals surface area (Å²) in [5.74, 6) is 0. The number of aromatic nitrogens is 1. The number of nitrogens with two attached hydrogens (primary N) is 1. The molecule has 1 aromatic carbocycles. The predicted octanol–water partition coefficient (Wildman–Crippen LogP) is 4.45. The van der Waals surface area contributed by atoms with Gasteiger partial charge < -0.3 is 4.57 Å². The normalized spacial score (nSPS) is 13.5. The average molecular weight is 354 g/mol. The Labute approximate surface area is 124 Å². The zero-order chi connectivity index (χ0) is 12.6.